The molecule has 1 unspecified atom stereocenters. The molecule has 0 N–H and O–H groups in total. The molecule has 3 heterocycles. The highest BCUT2D eigenvalue weighted by molar-refractivity contribution is 7.14. The van der Waals surface area contributed by atoms with Gasteiger partial charge in [0.15, 0.2) is 0 Å². The van der Waals surface area contributed by atoms with Crippen molar-refractivity contribution in [1.82, 2.24) is 9.88 Å². The number of carbonyl (C=O) groups excluding carboxylic acids is 1. The number of carbonyl (C=O) groups is 1. The lowest BCUT2D eigenvalue weighted by Crippen LogP contribution is -2.49. The number of aryl methyl sites for hydroxylation is 1. The highest BCUT2D eigenvalue weighted by atomic mass is 32.1. The van der Waals surface area contributed by atoms with Crippen molar-refractivity contribution in [1.29, 1.82) is 5.26 Å². The molecule has 152 valence electrons. The predicted molar refractivity (Wildman–Crippen MR) is 116 cm³/mol. The third kappa shape index (κ3) is 4.02. The topological polar surface area (TPSA) is 60.2 Å². The van der Waals surface area contributed by atoms with Gasteiger partial charge in [0, 0.05) is 37.3 Å². The van der Waals surface area contributed by atoms with E-state index < -0.39 is 0 Å². The Hall–Kier alpha value is -2.39. The van der Waals surface area contributed by atoms with Gasteiger partial charge in [-0.15, -0.1) is 11.3 Å². The zero-order chi connectivity index (χ0) is 20.6. The Labute approximate surface area is 177 Å². The number of rotatable bonds is 2. The molecule has 2 aromatic heterocycles. The van der Waals surface area contributed by atoms with E-state index >= 15 is 0 Å². The molecule has 0 radical (unpaired) electrons. The number of nitrogens with zero attached hydrogens (tertiary/aromatic N) is 4. The van der Waals surface area contributed by atoms with Crippen LogP contribution < -0.4 is 4.90 Å². The molecular formula is C23H28N4OS. The zero-order valence-electron chi connectivity index (χ0n) is 17.4. The highest BCUT2D eigenvalue weighted by Gasteiger charge is 2.31. The van der Waals surface area contributed by atoms with Crippen LogP contribution in [0.5, 0.6) is 0 Å². The maximum Gasteiger partial charge on any atom is 0.264 e. The quantitative estimate of drug-likeness (QED) is 0.750. The monoisotopic (exact) mass is 408 g/mol. The molecule has 4 rings (SSSR count). The lowest BCUT2D eigenvalue weighted by atomic mass is 9.72. The van der Waals surface area contributed by atoms with Crippen LogP contribution in [0.25, 0.3) is 0 Å². The molecule has 2 aromatic rings. The van der Waals surface area contributed by atoms with E-state index in [9.17, 15) is 10.1 Å². The van der Waals surface area contributed by atoms with Gasteiger partial charge < -0.3 is 9.80 Å². The van der Waals surface area contributed by atoms with E-state index in [-0.39, 0.29) is 5.91 Å². The Morgan fingerprint density at radius 3 is 2.72 bits per heavy atom. The second-order valence-electron chi connectivity index (χ2n) is 9.13. The van der Waals surface area contributed by atoms with Crippen molar-refractivity contribution in [3.63, 3.8) is 0 Å². The van der Waals surface area contributed by atoms with Crippen molar-refractivity contribution in [3.8, 4) is 6.07 Å². The van der Waals surface area contributed by atoms with Gasteiger partial charge in [-0.25, -0.2) is 4.98 Å². The Balaban J connectivity index is 1.42. The summed E-state index contributed by atoms with van der Waals surface area (Å²) in [6.07, 6.45) is 5.12. The number of anilines is 1. The summed E-state index contributed by atoms with van der Waals surface area (Å²) in [6.45, 7) is 9.68. The van der Waals surface area contributed by atoms with Crippen LogP contribution in [0, 0.1) is 22.7 Å². The molecule has 1 aliphatic carbocycles. The zero-order valence-corrected chi connectivity index (χ0v) is 18.3. The van der Waals surface area contributed by atoms with Crippen molar-refractivity contribution in [2.24, 2.45) is 11.3 Å². The standard InChI is InChI=1S/C23H28N4OS/c1-23(2,3)18-6-7-19-17(13-18)14-20(29-19)22(28)27-11-9-26(10-12-27)21-16(15-24)5-4-8-25-21/h4-5,8,14,18H,6-7,9-13H2,1-3H3. The summed E-state index contributed by atoms with van der Waals surface area (Å²) < 4.78 is 0. The number of pyridine rings is 1. The minimum Gasteiger partial charge on any atom is -0.352 e. The van der Waals surface area contributed by atoms with Gasteiger partial charge >= 0.3 is 0 Å². The fraction of sp³-hybridized carbons (Fsp3) is 0.522. The van der Waals surface area contributed by atoms with E-state index in [1.165, 1.54) is 16.9 Å². The average Bonchev–Trinajstić information content (AvgIpc) is 3.16. The van der Waals surface area contributed by atoms with Gasteiger partial charge in [0.1, 0.15) is 11.9 Å². The van der Waals surface area contributed by atoms with Crippen LogP contribution in [-0.2, 0) is 12.8 Å². The number of amides is 1. The fourth-order valence-corrected chi connectivity index (χ4v) is 5.56. The summed E-state index contributed by atoms with van der Waals surface area (Å²) in [5.41, 5.74) is 2.29. The first-order chi connectivity index (χ1) is 13.9. The molecule has 29 heavy (non-hydrogen) atoms. The Morgan fingerprint density at radius 2 is 2.03 bits per heavy atom. The number of hydrogen-bond acceptors (Lipinski definition) is 5. The van der Waals surface area contributed by atoms with Gasteiger partial charge in [0.05, 0.1) is 10.4 Å². The Kier molecular flexibility index (Phi) is 5.35. The molecule has 1 atom stereocenters. The first-order valence-corrected chi connectivity index (χ1v) is 11.2. The number of hydrogen-bond donors (Lipinski definition) is 0. The van der Waals surface area contributed by atoms with Crippen LogP contribution in [0.2, 0.25) is 0 Å². The van der Waals surface area contributed by atoms with Gasteiger partial charge in [-0.3, -0.25) is 4.79 Å². The average molecular weight is 409 g/mol. The van der Waals surface area contributed by atoms with E-state index in [4.69, 9.17) is 0 Å². The maximum atomic E-state index is 13.1. The number of piperazine rings is 1. The molecule has 0 spiro atoms. The minimum atomic E-state index is 0.151. The second kappa shape index (κ2) is 7.79. The lowest BCUT2D eigenvalue weighted by Gasteiger charge is -2.35. The van der Waals surface area contributed by atoms with E-state index in [1.807, 2.05) is 4.90 Å². The van der Waals surface area contributed by atoms with Gasteiger partial charge in [0.2, 0.25) is 0 Å². The smallest absolute Gasteiger partial charge is 0.264 e. The van der Waals surface area contributed by atoms with Gasteiger partial charge in [-0.2, -0.15) is 5.26 Å². The third-order valence-electron chi connectivity index (χ3n) is 6.29. The molecule has 1 saturated heterocycles. The van der Waals surface area contributed by atoms with Gasteiger partial charge in [0.25, 0.3) is 5.91 Å². The predicted octanol–water partition coefficient (Wildman–Crippen LogP) is 4.13. The van der Waals surface area contributed by atoms with Gasteiger partial charge in [-0.05, 0) is 54.4 Å². The molecular weight excluding hydrogens is 380 g/mol. The molecule has 1 fully saturated rings. The van der Waals surface area contributed by atoms with E-state index in [0.29, 0.717) is 43.1 Å². The first kappa shape index (κ1) is 19.9. The number of fused-ring (bicyclic) bond motifs is 1. The van der Waals surface area contributed by atoms with Crippen LogP contribution in [0.15, 0.2) is 24.4 Å². The third-order valence-corrected chi connectivity index (χ3v) is 7.52. The Bertz CT molecular complexity index is 945. The summed E-state index contributed by atoms with van der Waals surface area (Å²) in [7, 11) is 0. The summed E-state index contributed by atoms with van der Waals surface area (Å²) in [4.78, 5) is 23.8. The van der Waals surface area contributed by atoms with E-state index in [1.54, 1.807) is 29.7 Å². The molecule has 1 aliphatic heterocycles. The van der Waals surface area contributed by atoms with Crippen molar-refractivity contribution in [2.45, 2.75) is 40.0 Å². The number of aromatic nitrogens is 1. The van der Waals surface area contributed by atoms with Crippen LogP contribution in [0.3, 0.4) is 0 Å². The molecule has 1 amide bonds. The molecule has 0 aromatic carbocycles. The van der Waals surface area contributed by atoms with Crippen LogP contribution in [-0.4, -0.2) is 42.0 Å². The van der Waals surface area contributed by atoms with Crippen molar-refractivity contribution >= 4 is 23.1 Å². The number of nitriles is 1. The maximum absolute atomic E-state index is 13.1. The summed E-state index contributed by atoms with van der Waals surface area (Å²) >= 11 is 1.69. The van der Waals surface area contributed by atoms with Gasteiger partial charge in [-0.1, -0.05) is 20.8 Å². The van der Waals surface area contributed by atoms with E-state index in [2.05, 4.69) is 42.8 Å². The molecule has 6 heteroatoms. The Morgan fingerprint density at radius 1 is 1.28 bits per heavy atom. The first-order valence-electron chi connectivity index (χ1n) is 10.4. The van der Waals surface area contributed by atoms with Crippen LogP contribution >= 0.6 is 11.3 Å². The summed E-state index contributed by atoms with van der Waals surface area (Å²) in [6, 6.07) is 7.94. The molecule has 5 nitrogen and oxygen atoms in total. The van der Waals surface area contributed by atoms with Crippen LogP contribution in [0.1, 0.15) is 52.9 Å². The SMILES string of the molecule is CC(C)(C)C1CCc2sc(C(=O)N3CCN(c4ncccc4C#N)CC3)cc2C1. The fourth-order valence-electron chi connectivity index (χ4n) is 4.38. The van der Waals surface area contributed by atoms with Crippen molar-refractivity contribution in [2.75, 3.05) is 31.1 Å². The highest BCUT2D eigenvalue weighted by Crippen LogP contribution is 2.40. The van der Waals surface area contributed by atoms with Crippen molar-refractivity contribution in [3.05, 3.63) is 45.3 Å². The number of thiophene rings is 1. The largest absolute Gasteiger partial charge is 0.352 e. The molecule has 2 aliphatic rings. The minimum absolute atomic E-state index is 0.151. The summed E-state index contributed by atoms with van der Waals surface area (Å²) in [5, 5.41) is 9.31. The van der Waals surface area contributed by atoms with E-state index in [0.717, 1.165) is 23.5 Å². The van der Waals surface area contributed by atoms with Crippen LogP contribution in [0.4, 0.5) is 5.82 Å². The summed E-state index contributed by atoms with van der Waals surface area (Å²) in [5.74, 6) is 1.56. The molecule has 0 saturated carbocycles. The lowest BCUT2D eigenvalue weighted by molar-refractivity contribution is 0.0751. The van der Waals surface area contributed by atoms with Crippen molar-refractivity contribution < 1.29 is 4.79 Å². The second-order valence-corrected chi connectivity index (χ2v) is 10.3. The normalized spacial score (nSPS) is 19.6. The molecule has 0 bridgehead atoms.